The number of benzene rings is 1. The van der Waals surface area contributed by atoms with Crippen molar-refractivity contribution >= 4 is 0 Å². The first-order valence-electron chi connectivity index (χ1n) is 4.25. The lowest BCUT2D eigenvalue weighted by atomic mass is 10.1. The fourth-order valence-corrected chi connectivity index (χ4v) is 1.27. The van der Waals surface area contributed by atoms with Crippen LogP contribution in [0.5, 0.6) is 5.75 Å². The van der Waals surface area contributed by atoms with E-state index in [4.69, 9.17) is 4.74 Å². The van der Waals surface area contributed by atoms with Crippen molar-refractivity contribution < 1.29 is 4.74 Å². The average Bonchev–Trinajstić information content (AvgIpc) is 2.90. The summed E-state index contributed by atoms with van der Waals surface area (Å²) in [7, 11) is 1.69. The molecule has 0 aromatic heterocycles. The standard InChI is InChI=1S/C10H13NO/c1-12-10-4-2-8(3-5-10)6-9-7-11-9/h2-5,9,11H,6-7H2,1H3. The molecule has 0 spiro atoms. The Balaban J connectivity index is 2.02. The Morgan fingerprint density at radius 2 is 2.08 bits per heavy atom. The Bertz CT molecular complexity index is 251. The van der Waals surface area contributed by atoms with Gasteiger partial charge in [0.05, 0.1) is 7.11 Å². The van der Waals surface area contributed by atoms with Crippen LogP contribution in [0.4, 0.5) is 0 Å². The summed E-state index contributed by atoms with van der Waals surface area (Å²) in [4.78, 5) is 0. The summed E-state index contributed by atoms with van der Waals surface area (Å²) in [6.07, 6.45) is 1.14. The van der Waals surface area contributed by atoms with Crippen molar-refractivity contribution in [2.75, 3.05) is 13.7 Å². The van der Waals surface area contributed by atoms with Crippen LogP contribution in [-0.2, 0) is 6.42 Å². The highest BCUT2D eigenvalue weighted by atomic mass is 16.5. The summed E-state index contributed by atoms with van der Waals surface area (Å²) < 4.78 is 5.07. The van der Waals surface area contributed by atoms with Gasteiger partial charge in [-0.05, 0) is 24.1 Å². The van der Waals surface area contributed by atoms with Gasteiger partial charge in [0.2, 0.25) is 0 Å². The maximum atomic E-state index is 5.07. The van der Waals surface area contributed by atoms with Crippen molar-refractivity contribution in [3.8, 4) is 5.75 Å². The average molecular weight is 163 g/mol. The largest absolute Gasteiger partial charge is 0.497 e. The number of methoxy groups -OCH3 is 1. The van der Waals surface area contributed by atoms with Crippen LogP contribution in [-0.4, -0.2) is 19.7 Å². The molecule has 1 aliphatic rings. The van der Waals surface area contributed by atoms with Gasteiger partial charge >= 0.3 is 0 Å². The summed E-state index contributed by atoms with van der Waals surface area (Å²) in [5, 5.41) is 3.28. The lowest BCUT2D eigenvalue weighted by Crippen LogP contribution is -1.96. The van der Waals surface area contributed by atoms with Crippen LogP contribution < -0.4 is 10.1 Å². The molecular weight excluding hydrogens is 150 g/mol. The van der Waals surface area contributed by atoms with Crippen LogP contribution in [0.3, 0.4) is 0 Å². The first-order chi connectivity index (χ1) is 5.88. The third-order valence-electron chi connectivity index (χ3n) is 2.13. The number of hydrogen-bond acceptors (Lipinski definition) is 2. The van der Waals surface area contributed by atoms with Gasteiger partial charge < -0.3 is 10.1 Å². The van der Waals surface area contributed by atoms with Crippen molar-refractivity contribution in [3.63, 3.8) is 0 Å². The molecule has 1 aliphatic heterocycles. The van der Waals surface area contributed by atoms with E-state index in [0.717, 1.165) is 18.2 Å². The molecule has 1 unspecified atom stereocenters. The predicted octanol–water partition coefficient (Wildman–Crippen LogP) is 1.21. The van der Waals surface area contributed by atoms with Crippen LogP contribution in [0.15, 0.2) is 24.3 Å². The van der Waals surface area contributed by atoms with Crippen molar-refractivity contribution in [1.29, 1.82) is 0 Å². The molecule has 64 valence electrons. The van der Waals surface area contributed by atoms with Crippen LogP contribution in [0, 0.1) is 0 Å². The van der Waals surface area contributed by atoms with Crippen LogP contribution >= 0.6 is 0 Å². The summed E-state index contributed by atoms with van der Waals surface area (Å²) in [5.41, 5.74) is 1.38. The lowest BCUT2D eigenvalue weighted by Gasteiger charge is -2.01. The number of hydrogen-bond donors (Lipinski definition) is 1. The second-order valence-corrected chi connectivity index (χ2v) is 3.16. The van der Waals surface area contributed by atoms with Gasteiger partial charge in [-0.1, -0.05) is 12.1 Å². The van der Waals surface area contributed by atoms with E-state index in [9.17, 15) is 0 Å². The van der Waals surface area contributed by atoms with Crippen molar-refractivity contribution in [2.45, 2.75) is 12.5 Å². The molecular formula is C10H13NO. The van der Waals surface area contributed by atoms with E-state index in [-0.39, 0.29) is 0 Å². The second kappa shape index (κ2) is 3.15. The summed E-state index contributed by atoms with van der Waals surface area (Å²) in [6, 6.07) is 8.99. The molecule has 1 fully saturated rings. The molecule has 0 radical (unpaired) electrons. The van der Waals surface area contributed by atoms with Gasteiger partial charge in [-0.2, -0.15) is 0 Å². The van der Waals surface area contributed by atoms with Crippen LogP contribution in [0.1, 0.15) is 5.56 Å². The van der Waals surface area contributed by atoms with Crippen molar-refractivity contribution in [3.05, 3.63) is 29.8 Å². The zero-order valence-electron chi connectivity index (χ0n) is 7.21. The van der Waals surface area contributed by atoms with Crippen molar-refractivity contribution in [1.82, 2.24) is 5.32 Å². The Hall–Kier alpha value is -1.02. The quantitative estimate of drug-likeness (QED) is 0.679. The third kappa shape index (κ3) is 1.77. The molecule has 0 saturated carbocycles. The third-order valence-corrected chi connectivity index (χ3v) is 2.13. The van der Waals surface area contributed by atoms with Gasteiger partial charge in [-0.25, -0.2) is 0 Å². The van der Waals surface area contributed by atoms with E-state index >= 15 is 0 Å². The predicted molar refractivity (Wildman–Crippen MR) is 48.5 cm³/mol. The Kier molecular flexibility index (Phi) is 2.00. The molecule has 0 bridgehead atoms. The SMILES string of the molecule is COc1ccc(CC2CN2)cc1. The van der Waals surface area contributed by atoms with E-state index in [0.29, 0.717) is 0 Å². The Labute approximate surface area is 72.5 Å². The molecule has 0 aliphatic carbocycles. The highest BCUT2D eigenvalue weighted by molar-refractivity contribution is 5.28. The Morgan fingerprint density at radius 3 is 2.58 bits per heavy atom. The van der Waals surface area contributed by atoms with Crippen molar-refractivity contribution in [2.24, 2.45) is 0 Å². The second-order valence-electron chi connectivity index (χ2n) is 3.16. The summed E-state index contributed by atoms with van der Waals surface area (Å²) in [5.74, 6) is 0.933. The van der Waals surface area contributed by atoms with Crippen LogP contribution in [0.25, 0.3) is 0 Å². The Morgan fingerprint density at radius 1 is 1.42 bits per heavy atom. The monoisotopic (exact) mass is 163 g/mol. The van der Waals surface area contributed by atoms with Crippen LogP contribution in [0.2, 0.25) is 0 Å². The topological polar surface area (TPSA) is 31.2 Å². The van der Waals surface area contributed by atoms with Gasteiger partial charge in [-0.3, -0.25) is 0 Å². The zero-order chi connectivity index (χ0) is 8.39. The smallest absolute Gasteiger partial charge is 0.118 e. The zero-order valence-corrected chi connectivity index (χ0v) is 7.21. The maximum Gasteiger partial charge on any atom is 0.118 e. The molecule has 0 amide bonds. The van der Waals surface area contributed by atoms with Gasteiger partial charge in [-0.15, -0.1) is 0 Å². The molecule has 2 nitrogen and oxygen atoms in total. The van der Waals surface area contributed by atoms with Gasteiger partial charge in [0.1, 0.15) is 5.75 Å². The van der Waals surface area contributed by atoms with E-state index in [1.807, 2.05) is 12.1 Å². The number of nitrogens with one attached hydrogen (secondary N) is 1. The minimum Gasteiger partial charge on any atom is -0.497 e. The summed E-state index contributed by atoms with van der Waals surface area (Å²) in [6.45, 7) is 1.17. The van der Waals surface area contributed by atoms with E-state index in [2.05, 4.69) is 17.4 Å². The van der Waals surface area contributed by atoms with E-state index in [1.54, 1.807) is 7.11 Å². The molecule has 2 rings (SSSR count). The molecule has 1 saturated heterocycles. The highest BCUT2D eigenvalue weighted by Gasteiger charge is 2.19. The maximum absolute atomic E-state index is 5.07. The molecule has 1 heterocycles. The fraction of sp³-hybridized carbons (Fsp3) is 0.400. The number of ether oxygens (including phenoxy) is 1. The first kappa shape index (κ1) is 7.62. The van der Waals surface area contributed by atoms with E-state index in [1.165, 1.54) is 12.1 Å². The first-order valence-corrected chi connectivity index (χ1v) is 4.25. The molecule has 1 atom stereocenters. The molecule has 1 aromatic rings. The van der Waals surface area contributed by atoms with Gasteiger partial charge in [0.15, 0.2) is 0 Å². The molecule has 1 aromatic carbocycles. The molecule has 2 heteroatoms. The van der Waals surface area contributed by atoms with E-state index < -0.39 is 0 Å². The highest BCUT2D eigenvalue weighted by Crippen LogP contribution is 2.14. The summed E-state index contributed by atoms with van der Waals surface area (Å²) >= 11 is 0. The fourth-order valence-electron chi connectivity index (χ4n) is 1.27. The lowest BCUT2D eigenvalue weighted by molar-refractivity contribution is 0.414. The minimum atomic E-state index is 0.721. The molecule has 12 heavy (non-hydrogen) atoms. The number of rotatable bonds is 3. The minimum absolute atomic E-state index is 0.721. The normalized spacial score (nSPS) is 20.6. The van der Waals surface area contributed by atoms with Gasteiger partial charge in [0, 0.05) is 12.6 Å². The van der Waals surface area contributed by atoms with Gasteiger partial charge in [0.25, 0.3) is 0 Å². The molecule has 1 N–H and O–H groups in total.